The van der Waals surface area contributed by atoms with Gasteiger partial charge in [-0.1, -0.05) is 6.92 Å². The van der Waals surface area contributed by atoms with Crippen LogP contribution in [0.2, 0.25) is 0 Å². The predicted molar refractivity (Wildman–Crippen MR) is 96.7 cm³/mol. The van der Waals surface area contributed by atoms with Gasteiger partial charge in [0.25, 0.3) is 5.91 Å². The summed E-state index contributed by atoms with van der Waals surface area (Å²) >= 11 is 1.68. The van der Waals surface area contributed by atoms with E-state index in [1.807, 2.05) is 24.4 Å². The molecule has 2 aliphatic rings. The molecule has 2 aromatic heterocycles. The summed E-state index contributed by atoms with van der Waals surface area (Å²) in [4.78, 5) is 28.5. The van der Waals surface area contributed by atoms with Gasteiger partial charge in [0.05, 0.1) is 27.0 Å². The fourth-order valence-electron chi connectivity index (χ4n) is 4.14. The highest BCUT2D eigenvalue weighted by molar-refractivity contribution is 7.18. The molecule has 2 aliphatic heterocycles. The maximum Gasteiger partial charge on any atom is 0.254 e. The highest BCUT2D eigenvalue weighted by Crippen LogP contribution is 2.43. The molecule has 126 valence electrons. The number of amides is 1. The molecule has 1 amide bonds. The smallest absolute Gasteiger partial charge is 0.254 e. The average Bonchev–Trinajstić information content (AvgIpc) is 3.20. The van der Waals surface area contributed by atoms with E-state index < -0.39 is 0 Å². The molecule has 1 aromatic carbocycles. The largest absolute Gasteiger partial charge is 0.328 e. The van der Waals surface area contributed by atoms with Crippen molar-refractivity contribution in [2.75, 3.05) is 0 Å². The molecule has 5 nitrogen and oxygen atoms in total. The topological polar surface area (TPSA) is 59.0 Å². The van der Waals surface area contributed by atoms with Gasteiger partial charge in [0, 0.05) is 29.8 Å². The Morgan fingerprint density at radius 1 is 1.36 bits per heavy atom. The van der Waals surface area contributed by atoms with Gasteiger partial charge in [-0.3, -0.25) is 4.79 Å². The molecule has 2 bridgehead atoms. The van der Waals surface area contributed by atoms with Crippen LogP contribution in [-0.2, 0) is 12.8 Å². The van der Waals surface area contributed by atoms with Crippen LogP contribution in [0.3, 0.4) is 0 Å². The van der Waals surface area contributed by atoms with E-state index in [1.54, 1.807) is 17.7 Å². The Hall–Kier alpha value is -2.34. The first-order valence-electron chi connectivity index (χ1n) is 8.75. The highest BCUT2D eigenvalue weighted by Gasteiger charge is 2.43. The van der Waals surface area contributed by atoms with Crippen molar-refractivity contribution in [3.05, 3.63) is 52.6 Å². The number of fused-ring (bicyclic) bond motifs is 5. The molecule has 25 heavy (non-hydrogen) atoms. The van der Waals surface area contributed by atoms with Gasteiger partial charge in [-0.05, 0) is 37.5 Å². The molecule has 4 heterocycles. The van der Waals surface area contributed by atoms with Crippen LogP contribution in [0.1, 0.15) is 52.4 Å². The van der Waals surface area contributed by atoms with Crippen molar-refractivity contribution in [1.29, 1.82) is 0 Å². The van der Waals surface area contributed by atoms with E-state index in [9.17, 15) is 4.79 Å². The van der Waals surface area contributed by atoms with E-state index in [4.69, 9.17) is 0 Å². The number of hydrogen-bond donors (Lipinski definition) is 0. The van der Waals surface area contributed by atoms with Crippen LogP contribution in [0.15, 0.2) is 30.7 Å². The molecule has 0 radical (unpaired) electrons. The minimum Gasteiger partial charge on any atom is -0.328 e. The molecule has 1 saturated heterocycles. The van der Waals surface area contributed by atoms with Gasteiger partial charge < -0.3 is 4.90 Å². The Bertz CT molecular complexity index is 982. The third kappa shape index (κ3) is 2.28. The van der Waals surface area contributed by atoms with Gasteiger partial charge in [-0.2, -0.15) is 0 Å². The molecule has 0 aliphatic carbocycles. The fraction of sp³-hybridized carbons (Fsp3) is 0.368. The molecular weight excluding hydrogens is 332 g/mol. The Morgan fingerprint density at radius 3 is 3.16 bits per heavy atom. The minimum absolute atomic E-state index is 0.116. The van der Waals surface area contributed by atoms with E-state index in [2.05, 4.69) is 26.8 Å². The number of carbonyl (C=O) groups is 1. The van der Waals surface area contributed by atoms with Crippen molar-refractivity contribution < 1.29 is 4.79 Å². The number of thiazole rings is 1. The first-order valence-corrected chi connectivity index (χ1v) is 9.57. The zero-order chi connectivity index (χ0) is 17.0. The van der Waals surface area contributed by atoms with Crippen LogP contribution in [0.5, 0.6) is 0 Å². The molecule has 2 unspecified atom stereocenters. The number of aryl methyl sites for hydroxylation is 1. The highest BCUT2D eigenvalue weighted by atomic mass is 32.1. The van der Waals surface area contributed by atoms with Crippen molar-refractivity contribution in [2.45, 2.75) is 44.7 Å². The number of nitrogens with zero attached hydrogens (tertiary/aromatic N) is 4. The van der Waals surface area contributed by atoms with Gasteiger partial charge in [0.15, 0.2) is 0 Å². The van der Waals surface area contributed by atoms with Crippen LogP contribution < -0.4 is 0 Å². The van der Waals surface area contributed by atoms with E-state index in [0.29, 0.717) is 0 Å². The lowest BCUT2D eigenvalue weighted by molar-refractivity contribution is 0.0644. The SMILES string of the molecule is CCc1nc2ccc(C(=O)N3C4CCC3c3cncnc3C4)cc2s1. The van der Waals surface area contributed by atoms with Gasteiger partial charge in [0.1, 0.15) is 6.33 Å². The lowest BCUT2D eigenvalue weighted by Crippen LogP contribution is -2.42. The first kappa shape index (κ1) is 15.0. The van der Waals surface area contributed by atoms with E-state index in [-0.39, 0.29) is 18.0 Å². The minimum atomic E-state index is 0.116. The van der Waals surface area contributed by atoms with Gasteiger partial charge in [-0.25, -0.2) is 15.0 Å². The summed E-state index contributed by atoms with van der Waals surface area (Å²) in [6.45, 7) is 2.11. The fourth-order valence-corrected chi connectivity index (χ4v) is 5.09. The standard InChI is InChI=1S/C19H18N4OS/c1-2-18-22-14-5-3-11(7-17(14)25-18)19(24)23-12-4-6-16(23)13-9-20-10-21-15(13)8-12/h3,5,7,9-10,12,16H,2,4,6,8H2,1H3. The maximum atomic E-state index is 13.3. The zero-order valence-corrected chi connectivity index (χ0v) is 14.8. The summed E-state index contributed by atoms with van der Waals surface area (Å²) in [6.07, 6.45) is 7.29. The molecule has 2 atom stereocenters. The number of carbonyl (C=O) groups excluding carboxylic acids is 1. The molecule has 1 fully saturated rings. The summed E-state index contributed by atoms with van der Waals surface area (Å²) in [5.41, 5.74) is 3.98. The Kier molecular flexibility index (Phi) is 3.35. The predicted octanol–water partition coefficient (Wildman–Crippen LogP) is 3.55. The Labute approximate surface area is 149 Å². The number of rotatable bonds is 2. The zero-order valence-electron chi connectivity index (χ0n) is 14.0. The maximum absolute atomic E-state index is 13.3. The molecular formula is C19H18N4OS. The van der Waals surface area contributed by atoms with Crippen LogP contribution >= 0.6 is 11.3 Å². The van der Waals surface area contributed by atoms with Crippen LogP contribution in [0.25, 0.3) is 10.2 Å². The Balaban J connectivity index is 1.52. The van der Waals surface area contributed by atoms with Crippen LogP contribution in [-0.4, -0.2) is 31.8 Å². The van der Waals surface area contributed by atoms with Crippen molar-refractivity contribution in [3.8, 4) is 0 Å². The molecule has 0 saturated carbocycles. The third-order valence-electron chi connectivity index (χ3n) is 5.33. The summed E-state index contributed by atoms with van der Waals surface area (Å²) in [6, 6.07) is 6.26. The number of benzene rings is 1. The Morgan fingerprint density at radius 2 is 2.28 bits per heavy atom. The second-order valence-electron chi connectivity index (χ2n) is 6.73. The summed E-state index contributed by atoms with van der Waals surface area (Å²) in [5.74, 6) is 0.121. The first-order chi connectivity index (χ1) is 12.2. The van der Waals surface area contributed by atoms with E-state index >= 15 is 0 Å². The number of aromatic nitrogens is 3. The van der Waals surface area contributed by atoms with Crippen molar-refractivity contribution in [1.82, 2.24) is 19.9 Å². The van der Waals surface area contributed by atoms with Crippen LogP contribution in [0, 0.1) is 0 Å². The lowest BCUT2D eigenvalue weighted by atomic mass is 9.98. The quantitative estimate of drug-likeness (QED) is 0.709. The molecule has 6 heteroatoms. The molecule has 3 aromatic rings. The second kappa shape index (κ2) is 5.59. The van der Waals surface area contributed by atoms with Crippen molar-refractivity contribution in [2.24, 2.45) is 0 Å². The van der Waals surface area contributed by atoms with Crippen molar-refractivity contribution >= 4 is 27.5 Å². The van der Waals surface area contributed by atoms with Gasteiger partial charge >= 0.3 is 0 Å². The summed E-state index contributed by atoms with van der Waals surface area (Å²) < 4.78 is 1.09. The monoisotopic (exact) mass is 350 g/mol. The van der Waals surface area contributed by atoms with Crippen LogP contribution in [0.4, 0.5) is 0 Å². The molecule has 5 rings (SSSR count). The number of hydrogen-bond acceptors (Lipinski definition) is 5. The summed E-state index contributed by atoms with van der Waals surface area (Å²) in [7, 11) is 0. The van der Waals surface area contributed by atoms with Crippen molar-refractivity contribution in [3.63, 3.8) is 0 Å². The van der Waals surface area contributed by atoms with E-state index in [1.165, 1.54) is 0 Å². The molecule has 0 spiro atoms. The third-order valence-corrected chi connectivity index (χ3v) is 6.50. The second-order valence-corrected chi connectivity index (χ2v) is 7.85. The molecule has 0 N–H and O–H groups in total. The van der Waals surface area contributed by atoms with Gasteiger partial charge in [0.2, 0.25) is 0 Å². The van der Waals surface area contributed by atoms with E-state index in [0.717, 1.165) is 57.7 Å². The summed E-state index contributed by atoms with van der Waals surface area (Å²) in [5, 5.41) is 1.11. The lowest BCUT2D eigenvalue weighted by Gasteiger charge is -2.35. The average molecular weight is 350 g/mol. The van der Waals surface area contributed by atoms with Gasteiger partial charge in [-0.15, -0.1) is 11.3 Å². The normalized spacial score (nSPS) is 21.6.